The number of rotatable bonds is 7. The van der Waals surface area contributed by atoms with Gasteiger partial charge in [-0.1, -0.05) is 0 Å². The SMILES string of the molecule is COCCC(CO)NC(=O)NCc1cc(F)cc2c1OCOC2. The van der Waals surface area contributed by atoms with Gasteiger partial charge in [0, 0.05) is 31.4 Å². The van der Waals surface area contributed by atoms with Crippen LogP contribution in [0.1, 0.15) is 17.5 Å². The summed E-state index contributed by atoms with van der Waals surface area (Å²) < 4.78 is 29.0. The summed E-state index contributed by atoms with van der Waals surface area (Å²) in [5.74, 6) is 0.124. The van der Waals surface area contributed by atoms with Gasteiger partial charge in [-0.15, -0.1) is 0 Å². The molecule has 2 amide bonds. The zero-order valence-electron chi connectivity index (χ0n) is 12.9. The van der Waals surface area contributed by atoms with E-state index in [2.05, 4.69) is 10.6 Å². The maximum atomic E-state index is 13.6. The van der Waals surface area contributed by atoms with Crippen LogP contribution in [-0.2, 0) is 22.6 Å². The second-order valence-electron chi connectivity index (χ2n) is 5.15. The number of aliphatic hydroxyl groups excluding tert-OH is 1. The van der Waals surface area contributed by atoms with E-state index in [1.807, 2.05) is 0 Å². The third-order valence-electron chi connectivity index (χ3n) is 3.42. The zero-order valence-corrected chi connectivity index (χ0v) is 12.9. The Balaban J connectivity index is 1.92. The Labute approximate surface area is 133 Å². The molecule has 1 aliphatic rings. The molecule has 1 aromatic carbocycles. The van der Waals surface area contributed by atoms with Gasteiger partial charge in [-0.2, -0.15) is 0 Å². The molecule has 3 N–H and O–H groups in total. The molecule has 1 unspecified atom stereocenters. The summed E-state index contributed by atoms with van der Waals surface area (Å²) in [7, 11) is 1.55. The van der Waals surface area contributed by atoms with Gasteiger partial charge >= 0.3 is 6.03 Å². The van der Waals surface area contributed by atoms with E-state index in [1.54, 1.807) is 7.11 Å². The van der Waals surface area contributed by atoms with Crippen molar-refractivity contribution < 1.29 is 28.5 Å². The minimum Gasteiger partial charge on any atom is -0.467 e. The van der Waals surface area contributed by atoms with Crippen molar-refractivity contribution in [1.29, 1.82) is 0 Å². The quantitative estimate of drug-likeness (QED) is 0.692. The average Bonchev–Trinajstić information content (AvgIpc) is 2.56. The second-order valence-corrected chi connectivity index (χ2v) is 5.15. The Morgan fingerprint density at radius 3 is 3.09 bits per heavy atom. The number of carbonyl (C=O) groups excluding carboxylic acids is 1. The fourth-order valence-electron chi connectivity index (χ4n) is 2.27. The largest absolute Gasteiger partial charge is 0.467 e. The summed E-state index contributed by atoms with van der Waals surface area (Å²) in [5.41, 5.74) is 1.15. The van der Waals surface area contributed by atoms with Crippen LogP contribution in [0.2, 0.25) is 0 Å². The molecule has 1 heterocycles. The highest BCUT2D eigenvalue weighted by Crippen LogP contribution is 2.29. The predicted molar refractivity (Wildman–Crippen MR) is 79.4 cm³/mol. The van der Waals surface area contributed by atoms with Gasteiger partial charge in [-0.3, -0.25) is 0 Å². The van der Waals surface area contributed by atoms with Gasteiger partial charge < -0.3 is 30.0 Å². The highest BCUT2D eigenvalue weighted by molar-refractivity contribution is 5.74. The van der Waals surface area contributed by atoms with Gasteiger partial charge in [0.25, 0.3) is 0 Å². The van der Waals surface area contributed by atoms with Gasteiger partial charge in [-0.25, -0.2) is 9.18 Å². The number of amides is 2. The Morgan fingerprint density at radius 1 is 1.52 bits per heavy atom. The predicted octanol–water partition coefficient (Wildman–Crippen LogP) is 0.889. The summed E-state index contributed by atoms with van der Waals surface area (Å²) in [6, 6.07) is 1.81. The molecule has 1 aromatic rings. The lowest BCUT2D eigenvalue weighted by molar-refractivity contribution is -0.0173. The number of ether oxygens (including phenoxy) is 3. The Hall–Kier alpha value is -1.90. The summed E-state index contributed by atoms with van der Waals surface area (Å²) in [4.78, 5) is 11.9. The number of halogens is 1. The lowest BCUT2D eigenvalue weighted by Crippen LogP contribution is -2.44. The molecule has 0 aromatic heterocycles. The van der Waals surface area contributed by atoms with E-state index in [0.717, 1.165) is 0 Å². The number of hydrogen-bond donors (Lipinski definition) is 3. The van der Waals surface area contributed by atoms with Crippen LogP contribution in [0.4, 0.5) is 9.18 Å². The first-order chi connectivity index (χ1) is 11.1. The molecule has 23 heavy (non-hydrogen) atoms. The van der Waals surface area contributed by atoms with Crippen molar-refractivity contribution in [3.05, 3.63) is 29.1 Å². The molecule has 1 aliphatic heterocycles. The highest BCUT2D eigenvalue weighted by atomic mass is 19.1. The van der Waals surface area contributed by atoms with Crippen LogP contribution in [0.3, 0.4) is 0 Å². The fourth-order valence-corrected chi connectivity index (χ4v) is 2.27. The molecule has 128 valence electrons. The van der Waals surface area contributed by atoms with E-state index in [0.29, 0.717) is 29.9 Å². The average molecular weight is 328 g/mol. The van der Waals surface area contributed by atoms with E-state index < -0.39 is 17.9 Å². The van der Waals surface area contributed by atoms with Crippen molar-refractivity contribution in [3.63, 3.8) is 0 Å². The Bertz CT molecular complexity index is 541. The standard InChI is InChI=1S/C15H21FN2O5/c1-21-3-2-13(7-19)18-15(20)17-6-10-4-12(16)5-11-8-22-9-23-14(10)11/h4-5,13,19H,2-3,6-9H2,1H3,(H2,17,18,20). The van der Waals surface area contributed by atoms with E-state index in [9.17, 15) is 14.3 Å². The molecule has 0 spiro atoms. The third kappa shape index (κ3) is 5.05. The van der Waals surface area contributed by atoms with Gasteiger partial charge in [0.2, 0.25) is 0 Å². The van der Waals surface area contributed by atoms with Crippen molar-refractivity contribution in [3.8, 4) is 5.75 Å². The topological polar surface area (TPSA) is 89.1 Å². The normalized spacial score (nSPS) is 14.6. The number of hydrogen-bond acceptors (Lipinski definition) is 5. The van der Waals surface area contributed by atoms with Crippen molar-refractivity contribution in [2.75, 3.05) is 27.1 Å². The maximum absolute atomic E-state index is 13.6. The van der Waals surface area contributed by atoms with E-state index >= 15 is 0 Å². The van der Waals surface area contributed by atoms with E-state index in [1.165, 1.54) is 12.1 Å². The van der Waals surface area contributed by atoms with Crippen LogP contribution >= 0.6 is 0 Å². The molecule has 1 atom stereocenters. The van der Waals surface area contributed by atoms with Gasteiger partial charge in [-0.05, 0) is 18.6 Å². The molecule has 0 saturated heterocycles. The summed E-state index contributed by atoms with van der Waals surface area (Å²) >= 11 is 0. The minimum atomic E-state index is -0.453. The first-order valence-electron chi connectivity index (χ1n) is 7.30. The summed E-state index contributed by atoms with van der Waals surface area (Å²) in [6.07, 6.45) is 0.496. The number of carbonyl (C=O) groups is 1. The van der Waals surface area contributed by atoms with Crippen molar-refractivity contribution in [2.24, 2.45) is 0 Å². The van der Waals surface area contributed by atoms with Crippen molar-refractivity contribution >= 4 is 6.03 Å². The summed E-state index contributed by atoms with van der Waals surface area (Å²) in [5, 5.41) is 14.5. The molecular weight excluding hydrogens is 307 g/mol. The van der Waals surface area contributed by atoms with Gasteiger partial charge in [0.05, 0.1) is 19.3 Å². The smallest absolute Gasteiger partial charge is 0.315 e. The number of fused-ring (bicyclic) bond motifs is 1. The molecule has 2 rings (SSSR count). The van der Waals surface area contributed by atoms with Crippen LogP contribution in [0.5, 0.6) is 5.75 Å². The lowest BCUT2D eigenvalue weighted by Gasteiger charge is -2.21. The fraction of sp³-hybridized carbons (Fsp3) is 0.533. The monoisotopic (exact) mass is 328 g/mol. The second kappa shape index (κ2) is 8.66. The van der Waals surface area contributed by atoms with Crippen LogP contribution in [0, 0.1) is 5.82 Å². The molecule has 0 bridgehead atoms. The highest BCUT2D eigenvalue weighted by Gasteiger charge is 2.18. The minimum absolute atomic E-state index is 0.0986. The molecule has 0 saturated carbocycles. The van der Waals surface area contributed by atoms with E-state index in [4.69, 9.17) is 14.2 Å². The molecule has 0 radical (unpaired) electrons. The number of nitrogens with one attached hydrogen (secondary N) is 2. The first-order valence-corrected chi connectivity index (χ1v) is 7.30. The Kier molecular flexibility index (Phi) is 6.57. The first kappa shape index (κ1) is 17.5. The molecular formula is C15H21FN2O5. The van der Waals surface area contributed by atoms with Gasteiger partial charge in [0.15, 0.2) is 6.79 Å². The molecule has 0 fully saturated rings. The molecule has 7 nitrogen and oxygen atoms in total. The molecule has 8 heteroatoms. The van der Waals surface area contributed by atoms with Gasteiger partial charge in [0.1, 0.15) is 11.6 Å². The van der Waals surface area contributed by atoms with Crippen molar-refractivity contribution in [2.45, 2.75) is 25.6 Å². The van der Waals surface area contributed by atoms with E-state index in [-0.39, 0.29) is 26.6 Å². The van der Waals surface area contributed by atoms with Crippen LogP contribution in [0.25, 0.3) is 0 Å². The number of benzene rings is 1. The van der Waals surface area contributed by atoms with Crippen LogP contribution in [-0.4, -0.2) is 44.3 Å². The molecule has 0 aliphatic carbocycles. The van der Waals surface area contributed by atoms with Crippen LogP contribution < -0.4 is 15.4 Å². The Morgan fingerprint density at radius 2 is 2.35 bits per heavy atom. The van der Waals surface area contributed by atoms with Crippen LogP contribution in [0.15, 0.2) is 12.1 Å². The van der Waals surface area contributed by atoms with Crippen molar-refractivity contribution in [1.82, 2.24) is 10.6 Å². The zero-order chi connectivity index (χ0) is 16.7. The third-order valence-corrected chi connectivity index (χ3v) is 3.42. The number of aliphatic hydroxyl groups is 1. The number of urea groups is 1. The summed E-state index contributed by atoms with van der Waals surface area (Å²) in [6.45, 7) is 0.717. The number of methoxy groups -OCH3 is 1. The maximum Gasteiger partial charge on any atom is 0.315 e. The lowest BCUT2D eigenvalue weighted by atomic mass is 10.1.